The van der Waals surface area contributed by atoms with Crippen LogP contribution >= 0.6 is 0 Å². The summed E-state index contributed by atoms with van der Waals surface area (Å²) in [6.45, 7) is 2.46. The van der Waals surface area contributed by atoms with E-state index in [1.807, 2.05) is 14.0 Å². The quantitative estimate of drug-likeness (QED) is 0.721. The molecule has 0 saturated carbocycles. The molecule has 1 N–H and O–H groups in total. The number of tetrazole rings is 1. The molecule has 0 saturated heterocycles. The zero-order valence-corrected chi connectivity index (χ0v) is 10.5. The van der Waals surface area contributed by atoms with Crippen molar-refractivity contribution < 1.29 is 8.42 Å². The standard InChI is InChI=1S/C8H17N5O2S/c1-7(9-2)8-10-11-12-13(8)5-4-6-16(3,14)15/h7,9H,4-6H2,1-3H3. The van der Waals surface area contributed by atoms with E-state index in [0.29, 0.717) is 13.0 Å². The number of hydrogen-bond donors (Lipinski definition) is 1. The number of aryl methyl sites for hydroxylation is 1. The van der Waals surface area contributed by atoms with Crippen LogP contribution in [-0.4, -0.2) is 47.7 Å². The first kappa shape index (κ1) is 13.0. The Morgan fingerprint density at radius 1 is 1.50 bits per heavy atom. The molecule has 1 rings (SSSR count). The summed E-state index contributed by atoms with van der Waals surface area (Å²) in [4.78, 5) is 0. The summed E-state index contributed by atoms with van der Waals surface area (Å²) in [5.41, 5.74) is 0. The SMILES string of the molecule is CNC(C)c1nnnn1CCCS(C)(=O)=O. The first-order valence-corrected chi connectivity index (χ1v) is 7.11. The molecule has 0 fully saturated rings. The molecule has 1 aromatic rings. The first-order chi connectivity index (χ1) is 7.44. The molecule has 92 valence electrons. The average molecular weight is 247 g/mol. The van der Waals surface area contributed by atoms with Gasteiger partial charge in [0.2, 0.25) is 0 Å². The lowest BCUT2D eigenvalue weighted by Crippen LogP contribution is -2.19. The number of hydrogen-bond acceptors (Lipinski definition) is 6. The van der Waals surface area contributed by atoms with E-state index in [0.717, 1.165) is 5.82 Å². The molecular weight excluding hydrogens is 230 g/mol. The normalized spacial score (nSPS) is 13.9. The Morgan fingerprint density at radius 3 is 2.75 bits per heavy atom. The van der Waals surface area contributed by atoms with Crippen molar-refractivity contribution in [2.75, 3.05) is 19.1 Å². The van der Waals surface area contributed by atoms with Crippen LogP contribution in [0.5, 0.6) is 0 Å². The highest BCUT2D eigenvalue weighted by Crippen LogP contribution is 2.06. The van der Waals surface area contributed by atoms with Crippen molar-refractivity contribution in [3.8, 4) is 0 Å². The highest BCUT2D eigenvalue weighted by molar-refractivity contribution is 7.90. The van der Waals surface area contributed by atoms with Crippen LogP contribution in [0.3, 0.4) is 0 Å². The van der Waals surface area contributed by atoms with Gasteiger partial charge in [-0.3, -0.25) is 0 Å². The Kier molecular flexibility index (Phi) is 4.36. The molecule has 1 unspecified atom stereocenters. The summed E-state index contributed by atoms with van der Waals surface area (Å²) in [5.74, 6) is 0.872. The zero-order valence-electron chi connectivity index (χ0n) is 9.71. The molecule has 0 spiro atoms. The predicted molar refractivity (Wildman–Crippen MR) is 59.6 cm³/mol. The van der Waals surface area contributed by atoms with E-state index in [1.54, 1.807) is 4.68 Å². The number of sulfone groups is 1. The first-order valence-electron chi connectivity index (χ1n) is 5.05. The molecule has 0 aliphatic carbocycles. The average Bonchev–Trinajstić information content (AvgIpc) is 2.63. The predicted octanol–water partition coefficient (Wildman–Crippen LogP) is -0.612. The van der Waals surface area contributed by atoms with Gasteiger partial charge >= 0.3 is 0 Å². The van der Waals surface area contributed by atoms with Crippen molar-refractivity contribution in [1.82, 2.24) is 25.5 Å². The monoisotopic (exact) mass is 247 g/mol. The number of nitrogens with one attached hydrogen (secondary N) is 1. The largest absolute Gasteiger partial charge is 0.311 e. The van der Waals surface area contributed by atoms with Crippen LogP contribution in [0.15, 0.2) is 0 Å². The van der Waals surface area contributed by atoms with Gasteiger partial charge in [0.05, 0.1) is 11.8 Å². The van der Waals surface area contributed by atoms with Crippen LogP contribution in [0, 0.1) is 0 Å². The minimum absolute atomic E-state index is 0.0493. The Bertz CT molecular complexity index is 427. The molecule has 1 atom stereocenters. The third-order valence-electron chi connectivity index (χ3n) is 2.26. The maximum Gasteiger partial charge on any atom is 0.167 e. The van der Waals surface area contributed by atoms with Crippen molar-refractivity contribution in [2.24, 2.45) is 0 Å². The minimum Gasteiger partial charge on any atom is -0.311 e. The van der Waals surface area contributed by atoms with Crippen molar-refractivity contribution in [2.45, 2.75) is 25.9 Å². The Morgan fingerprint density at radius 2 is 2.19 bits per heavy atom. The van der Waals surface area contributed by atoms with Gasteiger partial charge in [-0.2, -0.15) is 0 Å². The highest BCUT2D eigenvalue weighted by atomic mass is 32.2. The zero-order chi connectivity index (χ0) is 12.2. The summed E-state index contributed by atoms with van der Waals surface area (Å²) in [6, 6.07) is 0.0493. The van der Waals surface area contributed by atoms with E-state index in [-0.39, 0.29) is 11.8 Å². The summed E-state index contributed by atoms with van der Waals surface area (Å²) >= 11 is 0. The molecule has 0 aliphatic heterocycles. The van der Waals surface area contributed by atoms with Crippen molar-refractivity contribution in [3.63, 3.8) is 0 Å². The van der Waals surface area contributed by atoms with Gasteiger partial charge in [0, 0.05) is 12.8 Å². The molecule has 0 amide bonds. The van der Waals surface area contributed by atoms with Crippen molar-refractivity contribution in [3.05, 3.63) is 5.82 Å². The molecule has 0 aromatic carbocycles. The van der Waals surface area contributed by atoms with E-state index in [1.165, 1.54) is 6.26 Å². The van der Waals surface area contributed by atoms with Gasteiger partial charge in [0.25, 0.3) is 0 Å². The van der Waals surface area contributed by atoms with E-state index in [2.05, 4.69) is 20.8 Å². The molecule has 1 heterocycles. The van der Waals surface area contributed by atoms with Crippen LogP contribution in [-0.2, 0) is 16.4 Å². The fourth-order valence-corrected chi connectivity index (χ4v) is 1.94. The molecular formula is C8H17N5O2S. The third-order valence-corrected chi connectivity index (χ3v) is 3.30. The van der Waals surface area contributed by atoms with Crippen molar-refractivity contribution >= 4 is 9.84 Å². The number of rotatable bonds is 6. The molecule has 0 bridgehead atoms. The van der Waals surface area contributed by atoms with Gasteiger partial charge < -0.3 is 5.32 Å². The van der Waals surface area contributed by atoms with E-state index in [9.17, 15) is 8.42 Å². The topological polar surface area (TPSA) is 89.8 Å². The van der Waals surface area contributed by atoms with E-state index in [4.69, 9.17) is 0 Å². The maximum absolute atomic E-state index is 11.0. The van der Waals surface area contributed by atoms with Crippen LogP contribution in [0.2, 0.25) is 0 Å². The van der Waals surface area contributed by atoms with E-state index >= 15 is 0 Å². The molecule has 1 aromatic heterocycles. The second-order valence-corrected chi connectivity index (χ2v) is 6.01. The molecule has 0 radical (unpaired) electrons. The third kappa shape index (κ3) is 3.86. The lowest BCUT2D eigenvalue weighted by molar-refractivity contribution is 0.505. The van der Waals surface area contributed by atoms with Crippen LogP contribution in [0.1, 0.15) is 25.2 Å². The number of aromatic nitrogens is 4. The molecule has 0 aliphatic rings. The van der Waals surface area contributed by atoms with Crippen molar-refractivity contribution in [1.29, 1.82) is 0 Å². The van der Waals surface area contributed by atoms with Crippen LogP contribution in [0.25, 0.3) is 0 Å². The van der Waals surface area contributed by atoms with Gasteiger partial charge in [-0.15, -0.1) is 5.10 Å². The number of nitrogens with zero attached hydrogens (tertiary/aromatic N) is 4. The smallest absolute Gasteiger partial charge is 0.167 e. The second kappa shape index (κ2) is 5.35. The highest BCUT2D eigenvalue weighted by Gasteiger charge is 2.12. The van der Waals surface area contributed by atoms with Gasteiger partial charge in [-0.25, -0.2) is 13.1 Å². The van der Waals surface area contributed by atoms with Gasteiger partial charge in [0.15, 0.2) is 5.82 Å². The molecule has 8 heteroatoms. The van der Waals surface area contributed by atoms with Gasteiger partial charge in [-0.05, 0) is 30.8 Å². The van der Waals surface area contributed by atoms with Crippen LogP contribution < -0.4 is 5.32 Å². The Labute approximate surface area is 95.1 Å². The summed E-state index contributed by atoms with van der Waals surface area (Å²) in [5, 5.41) is 14.3. The minimum atomic E-state index is -2.91. The second-order valence-electron chi connectivity index (χ2n) is 3.75. The van der Waals surface area contributed by atoms with Gasteiger partial charge in [0.1, 0.15) is 9.84 Å². The lowest BCUT2D eigenvalue weighted by atomic mass is 10.3. The van der Waals surface area contributed by atoms with E-state index < -0.39 is 9.84 Å². The summed E-state index contributed by atoms with van der Waals surface area (Å²) in [7, 11) is -1.09. The lowest BCUT2D eigenvalue weighted by Gasteiger charge is -2.09. The van der Waals surface area contributed by atoms with Crippen LogP contribution in [0.4, 0.5) is 0 Å². The Hall–Kier alpha value is -1.02. The summed E-state index contributed by atoms with van der Waals surface area (Å²) < 4.78 is 23.6. The van der Waals surface area contributed by atoms with Gasteiger partial charge in [-0.1, -0.05) is 0 Å². The fourth-order valence-electron chi connectivity index (χ4n) is 1.29. The fraction of sp³-hybridized carbons (Fsp3) is 0.875. The Balaban J connectivity index is 2.58. The summed E-state index contributed by atoms with van der Waals surface area (Å²) in [6.07, 6.45) is 1.75. The maximum atomic E-state index is 11.0. The molecule has 16 heavy (non-hydrogen) atoms. The molecule has 7 nitrogen and oxygen atoms in total.